The van der Waals surface area contributed by atoms with Crippen molar-refractivity contribution >= 4 is 28.8 Å². The predicted molar refractivity (Wildman–Crippen MR) is 72.0 cm³/mol. The van der Waals surface area contributed by atoms with Gasteiger partial charge < -0.3 is 10.4 Å². The van der Waals surface area contributed by atoms with Crippen LogP contribution in [-0.2, 0) is 6.54 Å². The molecule has 0 aliphatic carbocycles. The number of nitro groups is 1. The van der Waals surface area contributed by atoms with E-state index in [1.165, 1.54) is 17.6 Å². The van der Waals surface area contributed by atoms with Gasteiger partial charge in [0, 0.05) is 17.6 Å². The molecule has 2 rings (SSSR count). The molecular formula is C11H10N4O4S. The largest absolute Gasteiger partial charge is 0.476 e. The molecule has 2 aromatic rings. The average molecular weight is 294 g/mol. The Labute approximate surface area is 117 Å². The number of aromatic nitrogens is 2. The van der Waals surface area contributed by atoms with E-state index >= 15 is 0 Å². The van der Waals surface area contributed by atoms with E-state index in [0.29, 0.717) is 10.6 Å². The van der Waals surface area contributed by atoms with Gasteiger partial charge in [-0.25, -0.2) is 14.8 Å². The number of aryl methyl sites for hydroxylation is 1. The summed E-state index contributed by atoms with van der Waals surface area (Å²) in [5, 5.41) is 24.4. The lowest BCUT2D eigenvalue weighted by Crippen LogP contribution is -2.05. The first-order valence-electron chi connectivity index (χ1n) is 5.50. The molecule has 8 nitrogen and oxygen atoms in total. The minimum Gasteiger partial charge on any atom is -0.476 e. The number of anilines is 1. The Morgan fingerprint density at radius 2 is 2.35 bits per heavy atom. The fourth-order valence-corrected chi connectivity index (χ4v) is 2.19. The average Bonchev–Trinajstić information content (AvgIpc) is 2.86. The topological polar surface area (TPSA) is 118 Å². The maximum atomic E-state index is 10.9. The second-order valence-corrected chi connectivity index (χ2v) is 4.87. The summed E-state index contributed by atoms with van der Waals surface area (Å²) in [6.45, 7) is 1.89. The molecule has 0 atom stereocenters. The Morgan fingerprint density at radius 1 is 1.60 bits per heavy atom. The molecule has 0 aliphatic heterocycles. The lowest BCUT2D eigenvalue weighted by atomic mass is 10.3. The highest BCUT2D eigenvalue weighted by Gasteiger charge is 2.16. The van der Waals surface area contributed by atoms with Crippen LogP contribution in [0.15, 0.2) is 17.6 Å². The Kier molecular flexibility index (Phi) is 3.89. The number of carboxylic acids is 1. The van der Waals surface area contributed by atoms with E-state index in [1.807, 2.05) is 0 Å². The summed E-state index contributed by atoms with van der Waals surface area (Å²) in [6, 6.07) is 1.42. The van der Waals surface area contributed by atoms with Crippen molar-refractivity contribution in [3.63, 3.8) is 0 Å². The molecular weight excluding hydrogens is 284 g/mol. The number of pyridine rings is 1. The molecule has 0 bridgehead atoms. The summed E-state index contributed by atoms with van der Waals surface area (Å²) in [5.41, 5.74) is 0.517. The lowest BCUT2D eigenvalue weighted by Gasteiger charge is -2.04. The van der Waals surface area contributed by atoms with Gasteiger partial charge >= 0.3 is 11.7 Å². The van der Waals surface area contributed by atoms with E-state index in [9.17, 15) is 14.9 Å². The number of carboxylic acid groups (broad SMARTS) is 1. The monoisotopic (exact) mass is 294 g/mol. The second kappa shape index (κ2) is 5.61. The quantitative estimate of drug-likeness (QED) is 0.640. The first-order valence-corrected chi connectivity index (χ1v) is 6.38. The minimum atomic E-state index is -1.10. The standard InChI is InChI=1S/C11H10N4O4S/c1-6-2-8(15(18)19)10(12-3-6)13-4-9-14-7(5-20-9)11(16)17/h2-3,5H,4H2,1H3,(H,12,13)(H,16,17). The number of nitrogens with one attached hydrogen (secondary N) is 1. The van der Waals surface area contributed by atoms with E-state index in [1.54, 1.807) is 6.92 Å². The summed E-state index contributed by atoms with van der Waals surface area (Å²) >= 11 is 1.16. The molecule has 0 saturated carbocycles. The van der Waals surface area contributed by atoms with Gasteiger partial charge in [-0.3, -0.25) is 10.1 Å². The van der Waals surface area contributed by atoms with Crippen LogP contribution >= 0.6 is 11.3 Å². The third-order valence-corrected chi connectivity index (χ3v) is 3.23. The van der Waals surface area contributed by atoms with Gasteiger partial charge in [0.1, 0.15) is 5.01 Å². The molecule has 2 aromatic heterocycles. The molecule has 2 heterocycles. The van der Waals surface area contributed by atoms with E-state index < -0.39 is 10.9 Å². The molecule has 0 spiro atoms. The first-order chi connectivity index (χ1) is 9.47. The van der Waals surface area contributed by atoms with Crippen molar-refractivity contribution in [1.29, 1.82) is 0 Å². The van der Waals surface area contributed by atoms with Crippen molar-refractivity contribution in [3.05, 3.63) is 44.0 Å². The smallest absolute Gasteiger partial charge is 0.355 e. The fourth-order valence-electron chi connectivity index (χ4n) is 1.48. The molecule has 0 saturated heterocycles. The van der Waals surface area contributed by atoms with Crippen LogP contribution in [-0.4, -0.2) is 26.0 Å². The van der Waals surface area contributed by atoms with Gasteiger partial charge in [0.25, 0.3) is 0 Å². The van der Waals surface area contributed by atoms with Gasteiger partial charge in [-0.05, 0) is 12.5 Å². The number of hydrogen-bond donors (Lipinski definition) is 2. The highest BCUT2D eigenvalue weighted by Crippen LogP contribution is 2.23. The van der Waals surface area contributed by atoms with Gasteiger partial charge in [-0.1, -0.05) is 0 Å². The molecule has 20 heavy (non-hydrogen) atoms. The van der Waals surface area contributed by atoms with Crippen molar-refractivity contribution in [2.45, 2.75) is 13.5 Å². The SMILES string of the molecule is Cc1cnc(NCc2nc(C(=O)O)cs2)c([N+](=O)[O-])c1. The van der Waals surface area contributed by atoms with Crippen LogP contribution in [0.3, 0.4) is 0 Å². The Bertz CT molecular complexity index is 670. The third-order valence-electron chi connectivity index (χ3n) is 2.38. The van der Waals surface area contributed by atoms with Crippen molar-refractivity contribution in [2.75, 3.05) is 5.32 Å². The van der Waals surface area contributed by atoms with Crippen LogP contribution in [0.2, 0.25) is 0 Å². The molecule has 104 valence electrons. The van der Waals surface area contributed by atoms with Gasteiger partial charge in [-0.2, -0.15) is 0 Å². The third kappa shape index (κ3) is 3.06. The van der Waals surface area contributed by atoms with Crippen LogP contribution in [0, 0.1) is 17.0 Å². The Hall–Kier alpha value is -2.55. The Morgan fingerprint density at radius 3 is 2.95 bits per heavy atom. The minimum absolute atomic E-state index is 0.0434. The highest BCUT2D eigenvalue weighted by atomic mass is 32.1. The summed E-state index contributed by atoms with van der Waals surface area (Å²) in [5.74, 6) is -0.973. The molecule has 0 aromatic carbocycles. The van der Waals surface area contributed by atoms with E-state index in [2.05, 4.69) is 15.3 Å². The first kappa shape index (κ1) is 13.9. The number of aromatic carboxylic acids is 1. The van der Waals surface area contributed by atoms with Crippen molar-refractivity contribution in [2.24, 2.45) is 0 Å². The van der Waals surface area contributed by atoms with Crippen LogP contribution in [0.25, 0.3) is 0 Å². The molecule has 0 fully saturated rings. The normalized spacial score (nSPS) is 10.2. The summed E-state index contributed by atoms with van der Waals surface area (Å²) in [6.07, 6.45) is 1.51. The maximum Gasteiger partial charge on any atom is 0.355 e. The van der Waals surface area contributed by atoms with Crippen molar-refractivity contribution in [1.82, 2.24) is 9.97 Å². The van der Waals surface area contributed by atoms with E-state index in [0.717, 1.165) is 11.3 Å². The zero-order chi connectivity index (χ0) is 14.7. The van der Waals surface area contributed by atoms with Crippen LogP contribution in [0.4, 0.5) is 11.5 Å². The second-order valence-electron chi connectivity index (χ2n) is 3.92. The molecule has 0 amide bonds. The van der Waals surface area contributed by atoms with Crippen LogP contribution in [0.1, 0.15) is 21.1 Å². The van der Waals surface area contributed by atoms with E-state index in [4.69, 9.17) is 5.11 Å². The summed E-state index contributed by atoms with van der Waals surface area (Å²) < 4.78 is 0. The zero-order valence-electron chi connectivity index (χ0n) is 10.4. The molecule has 0 aliphatic rings. The highest BCUT2D eigenvalue weighted by molar-refractivity contribution is 7.09. The number of nitrogens with zero attached hydrogens (tertiary/aromatic N) is 3. The van der Waals surface area contributed by atoms with Crippen LogP contribution in [0.5, 0.6) is 0 Å². The fraction of sp³-hybridized carbons (Fsp3) is 0.182. The van der Waals surface area contributed by atoms with Crippen molar-refractivity contribution in [3.8, 4) is 0 Å². The zero-order valence-corrected chi connectivity index (χ0v) is 11.2. The van der Waals surface area contributed by atoms with Gasteiger partial charge in [-0.15, -0.1) is 11.3 Å². The van der Waals surface area contributed by atoms with Crippen molar-refractivity contribution < 1.29 is 14.8 Å². The molecule has 0 unspecified atom stereocenters. The molecule has 9 heteroatoms. The van der Waals surface area contributed by atoms with Crippen LogP contribution < -0.4 is 5.32 Å². The number of rotatable bonds is 5. The number of carbonyl (C=O) groups is 1. The Balaban J connectivity index is 2.14. The van der Waals surface area contributed by atoms with Gasteiger partial charge in [0.15, 0.2) is 5.69 Å². The summed E-state index contributed by atoms with van der Waals surface area (Å²) in [7, 11) is 0. The number of hydrogen-bond acceptors (Lipinski definition) is 7. The number of thiazole rings is 1. The van der Waals surface area contributed by atoms with Gasteiger partial charge in [0.05, 0.1) is 11.5 Å². The lowest BCUT2D eigenvalue weighted by molar-refractivity contribution is -0.384. The predicted octanol–water partition coefficient (Wildman–Crippen LogP) is 2.07. The summed E-state index contributed by atoms with van der Waals surface area (Å²) in [4.78, 5) is 28.9. The van der Waals surface area contributed by atoms with Gasteiger partial charge in [0.2, 0.25) is 5.82 Å². The molecule has 0 radical (unpaired) electrons. The molecule has 2 N–H and O–H groups in total. The maximum absolute atomic E-state index is 10.9. The van der Waals surface area contributed by atoms with E-state index in [-0.39, 0.29) is 23.7 Å².